The van der Waals surface area contributed by atoms with Crippen molar-refractivity contribution in [3.63, 3.8) is 0 Å². The molecule has 2 amide bonds. The Morgan fingerprint density at radius 2 is 1.47 bits per heavy atom. The molecule has 8 heteroatoms. The molecule has 0 spiro atoms. The first-order valence-corrected chi connectivity index (χ1v) is 10.2. The molecule has 0 radical (unpaired) electrons. The fourth-order valence-electron chi connectivity index (χ4n) is 3.31. The van der Waals surface area contributed by atoms with Gasteiger partial charge in [-0.15, -0.1) is 0 Å². The van der Waals surface area contributed by atoms with Crippen LogP contribution in [-0.4, -0.2) is 29.1 Å². The molecule has 7 nitrogen and oxygen atoms in total. The molecule has 0 atom stereocenters. The molecule has 3 N–H and O–H groups in total. The normalized spacial score (nSPS) is 13.2. The Morgan fingerprint density at radius 1 is 0.900 bits per heavy atom. The molecule has 1 aliphatic rings. The van der Waals surface area contributed by atoms with Crippen molar-refractivity contribution in [2.24, 2.45) is 0 Å². The van der Waals surface area contributed by atoms with Crippen molar-refractivity contribution in [3.8, 4) is 0 Å². The van der Waals surface area contributed by atoms with E-state index in [1.807, 2.05) is 37.3 Å². The second kappa shape index (κ2) is 9.00. The Balaban J connectivity index is 1.37. The van der Waals surface area contributed by atoms with Crippen LogP contribution in [0.2, 0.25) is 5.02 Å². The number of nitrogens with one attached hydrogen (secondary N) is 3. The standard InChI is InChI=1S/C22H23ClN6O/c1-15-14-20(29-12-2-3-13-29)28-21(24-15)25-17-8-10-19(11-9-17)27-22(30)26-18-6-4-16(23)5-7-18/h4-11,14H,2-3,12-13H2,1H3,(H,24,25,28)(H2,26,27,30). The fourth-order valence-corrected chi connectivity index (χ4v) is 3.43. The zero-order chi connectivity index (χ0) is 20.9. The molecule has 3 aromatic rings. The second-order valence-corrected chi connectivity index (χ2v) is 7.61. The number of anilines is 5. The predicted octanol–water partition coefficient (Wildman–Crippen LogP) is 5.43. The molecule has 2 aromatic carbocycles. The Morgan fingerprint density at radius 3 is 2.10 bits per heavy atom. The third-order valence-corrected chi connectivity index (χ3v) is 5.02. The van der Waals surface area contributed by atoms with Crippen LogP contribution < -0.4 is 20.9 Å². The maximum Gasteiger partial charge on any atom is 0.323 e. The molecule has 0 saturated carbocycles. The van der Waals surface area contributed by atoms with Gasteiger partial charge in [0.2, 0.25) is 5.95 Å². The first-order valence-electron chi connectivity index (χ1n) is 9.86. The molecular weight excluding hydrogens is 400 g/mol. The summed E-state index contributed by atoms with van der Waals surface area (Å²) in [5.74, 6) is 1.53. The van der Waals surface area contributed by atoms with Crippen LogP contribution in [0.3, 0.4) is 0 Å². The first-order chi connectivity index (χ1) is 14.5. The molecule has 154 valence electrons. The summed E-state index contributed by atoms with van der Waals surface area (Å²) in [7, 11) is 0. The Kier molecular flexibility index (Phi) is 5.99. The number of hydrogen-bond acceptors (Lipinski definition) is 5. The number of rotatable bonds is 5. The van der Waals surface area contributed by atoms with E-state index in [0.717, 1.165) is 30.3 Å². The number of halogens is 1. The van der Waals surface area contributed by atoms with Gasteiger partial charge in [-0.2, -0.15) is 4.98 Å². The summed E-state index contributed by atoms with van der Waals surface area (Å²) in [6, 6.07) is 16.0. The molecule has 1 fully saturated rings. The minimum Gasteiger partial charge on any atom is -0.356 e. The highest BCUT2D eigenvalue weighted by atomic mass is 35.5. The Hall–Kier alpha value is -3.32. The van der Waals surface area contributed by atoms with E-state index < -0.39 is 0 Å². The van der Waals surface area contributed by atoms with Gasteiger partial charge in [0, 0.05) is 46.9 Å². The maximum absolute atomic E-state index is 12.1. The number of aromatic nitrogens is 2. The van der Waals surface area contributed by atoms with E-state index in [4.69, 9.17) is 11.6 Å². The first kappa shape index (κ1) is 20.0. The van der Waals surface area contributed by atoms with Gasteiger partial charge in [-0.25, -0.2) is 9.78 Å². The summed E-state index contributed by atoms with van der Waals surface area (Å²) in [5, 5.41) is 9.43. The van der Waals surface area contributed by atoms with Crippen LogP contribution in [0, 0.1) is 6.92 Å². The number of amides is 2. The molecule has 2 heterocycles. The van der Waals surface area contributed by atoms with Crippen LogP contribution in [-0.2, 0) is 0 Å². The predicted molar refractivity (Wildman–Crippen MR) is 122 cm³/mol. The number of aryl methyl sites for hydroxylation is 1. The number of nitrogens with zero attached hydrogens (tertiary/aromatic N) is 3. The average molecular weight is 423 g/mol. The summed E-state index contributed by atoms with van der Waals surface area (Å²) in [6.07, 6.45) is 2.40. The monoisotopic (exact) mass is 422 g/mol. The van der Waals surface area contributed by atoms with Crippen LogP contribution in [0.5, 0.6) is 0 Å². The summed E-state index contributed by atoms with van der Waals surface area (Å²) in [5.41, 5.74) is 3.11. The van der Waals surface area contributed by atoms with Gasteiger partial charge in [0.1, 0.15) is 5.82 Å². The smallest absolute Gasteiger partial charge is 0.323 e. The largest absolute Gasteiger partial charge is 0.356 e. The van der Waals surface area contributed by atoms with E-state index >= 15 is 0 Å². The van der Waals surface area contributed by atoms with Crippen molar-refractivity contribution < 1.29 is 4.79 Å². The Labute approximate surface area is 180 Å². The number of benzene rings is 2. The van der Waals surface area contributed by atoms with Crippen LogP contribution in [0.1, 0.15) is 18.5 Å². The highest BCUT2D eigenvalue weighted by Crippen LogP contribution is 2.22. The van der Waals surface area contributed by atoms with E-state index in [1.54, 1.807) is 24.3 Å². The molecular formula is C22H23ClN6O. The summed E-state index contributed by atoms with van der Waals surface area (Å²) in [6.45, 7) is 4.04. The van der Waals surface area contributed by atoms with E-state index in [1.165, 1.54) is 12.8 Å². The molecule has 1 aliphatic heterocycles. The molecule has 0 bridgehead atoms. The second-order valence-electron chi connectivity index (χ2n) is 7.17. The minimum atomic E-state index is -0.324. The van der Waals surface area contributed by atoms with E-state index in [0.29, 0.717) is 22.3 Å². The molecule has 1 aromatic heterocycles. The van der Waals surface area contributed by atoms with Crippen molar-refractivity contribution in [2.75, 3.05) is 33.9 Å². The van der Waals surface area contributed by atoms with E-state index in [9.17, 15) is 4.79 Å². The molecule has 0 aliphatic carbocycles. The SMILES string of the molecule is Cc1cc(N2CCCC2)nc(Nc2ccc(NC(=O)Nc3ccc(Cl)cc3)cc2)n1. The highest BCUT2D eigenvalue weighted by molar-refractivity contribution is 6.30. The lowest BCUT2D eigenvalue weighted by Gasteiger charge is -2.17. The van der Waals surface area contributed by atoms with Gasteiger partial charge in [0.25, 0.3) is 0 Å². The van der Waals surface area contributed by atoms with Crippen molar-refractivity contribution in [2.45, 2.75) is 19.8 Å². The highest BCUT2D eigenvalue weighted by Gasteiger charge is 2.15. The quantitative estimate of drug-likeness (QED) is 0.511. The van der Waals surface area contributed by atoms with Crippen LogP contribution >= 0.6 is 11.6 Å². The van der Waals surface area contributed by atoms with Gasteiger partial charge in [0.05, 0.1) is 0 Å². The summed E-state index contributed by atoms with van der Waals surface area (Å²) >= 11 is 5.86. The molecule has 4 rings (SSSR count). The van der Waals surface area contributed by atoms with Crippen LogP contribution in [0.25, 0.3) is 0 Å². The summed E-state index contributed by atoms with van der Waals surface area (Å²) < 4.78 is 0. The maximum atomic E-state index is 12.1. The van der Waals surface area contributed by atoms with E-state index in [2.05, 4.69) is 30.8 Å². The zero-order valence-electron chi connectivity index (χ0n) is 16.7. The molecule has 30 heavy (non-hydrogen) atoms. The lowest BCUT2D eigenvalue weighted by atomic mass is 10.3. The van der Waals surface area contributed by atoms with Gasteiger partial charge in [-0.1, -0.05) is 11.6 Å². The molecule has 1 saturated heterocycles. The van der Waals surface area contributed by atoms with Gasteiger partial charge in [-0.05, 0) is 68.3 Å². The lowest BCUT2D eigenvalue weighted by Crippen LogP contribution is -2.20. The number of urea groups is 1. The number of carbonyl (C=O) groups excluding carboxylic acids is 1. The third kappa shape index (κ3) is 5.18. The van der Waals surface area contributed by atoms with Crippen LogP contribution in [0.4, 0.5) is 33.6 Å². The van der Waals surface area contributed by atoms with Gasteiger partial charge < -0.3 is 20.9 Å². The lowest BCUT2D eigenvalue weighted by molar-refractivity contribution is 0.262. The van der Waals surface area contributed by atoms with E-state index in [-0.39, 0.29) is 6.03 Å². The van der Waals surface area contributed by atoms with Crippen molar-refractivity contribution in [1.29, 1.82) is 0 Å². The van der Waals surface area contributed by atoms with Gasteiger partial charge in [0.15, 0.2) is 0 Å². The zero-order valence-corrected chi connectivity index (χ0v) is 17.4. The molecule has 0 unspecified atom stereocenters. The van der Waals surface area contributed by atoms with Gasteiger partial charge >= 0.3 is 6.03 Å². The van der Waals surface area contributed by atoms with Crippen molar-refractivity contribution in [3.05, 3.63) is 65.3 Å². The number of hydrogen-bond donors (Lipinski definition) is 3. The topological polar surface area (TPSA) is 82.2 Å². The number of carbonyl (C=O) groups is 1. The van der Waals surface area contributed by atoms with Gasteiger partial charge in [-0.3, -0.25) is 0 Å². The fraction of sp³-hybridized carbons (Fsp3) is 0.227. The minimum absolute atomic E-state index is 0.324. The van der Waals surface area contributed by atoms with Crippen molar-refractivity contribution in [1.82, 2.24) is 9.97 Å². The average Bonchev–Trinajstić information content (AvgIpc) is 3.26. The Bertz CT molecular complexity index is 1020. The summed E-state index contributed by atoms with van der Waals surface area (Å²) in [4.78, 5) is 23.6. The third-order valence-electron chi connectivity index (χ3n) is 4.77. The van der Waals surface area contributed by atoms with Crippen LogP contribution in [0.15, 0.2) is 54.6 Å². The van der Waals surface area contributed by atoms with Crippen molar-refractivity contribution >= 4 is 46.5 Å².